The topological polar surface area (TPSA) is 49.7 Å². The van der Waals surface area contributed by atoms with Crippen LogP contribution in [0.1, 0.15) is 18.1 Å². The molecule has 0 aliphatic heterocycles. The van der Waals surface area contributed by atoms with Gasteiger partial charge in [0.15, 0.2) is 0 Å². The molecule has 0 saturated heterocycles. The van der Waals surface area contributed by atoms with Crippen molar-refractivity contribution in [2.45, 2.75) is 20.0 Å². The summed E-state index contributed by atoms with van der Waals surface area (Å²) in [7, 11) is -1.44. The molecule has 20 heavy (non-hydrogen) atoms. The summed E-state index contributed by atoms with van der Waals surface area (Å²) in [6.45, 7) is 2.47. The number of rotatable bonds is 5. The average Bonchev–Trinajstić information content (AvgIpc) is 2.46. The summed E-state index contributed by atoms with van der Waals surface area (Å²) in [6.07, 6.45) is 0.860. The molecule has 104 valence electrons. The van der Waals surface area contributed by atoms with E-state index in [1.807, 2.05) is 37.3 Å². The second-order valence-corrected chi connectivity index (χ2v) is 4.92. The van der Waals surface area contributed by atoms with Gasteiger partial charge in [-0.25, -0.2) is 0 Å². The molecule has 2 rings (SSSR count). The lowest BCUT2D eigenvalue weighted by molar-refractivity contribution is 0.306. The van der Waals surface area contributed by atoms with Gasteiger partial charge in [0.05, 0.1) is 0 Å². The number of hydrogen-bond donors (Lipinski definition) is 2. The molecule has 0 heterocycles. The summed E-state index contributed by atoms with van der Waals surface area (Å²) < 4.78 is 5.71. The molecule has 0 fully saturated rings. The van der Waals surface area contributed by atoms with Gasteiger partial charge in [0.2, 0.25) is 0 Å². The molecule has 0 atom stereocenters. The van der Waals surface area contributed by atoms with Crippen molar-refractivity contribution in [2.75, 3.05) is 0 Å². The van der Waals surface area contributed by atoms with Gasteiger partial charge in [-0.3, -0.25) is 0 Å². The average molecular weight is 291 g/mol. The molecule has 5 heteroatoms. The van der Waals surface area contributed by atoms with Crippen molar-refractivity contribution < 1.29 is 14.8 Å². The van der Waals surface area contributed by atoms with Crippen LogP contribution in [-0.4, -0.2) is 17.2 Å². The maximum absolute atomic E-state index is 9.02. The van der Waals surface area contributed by atoms with Crippen LogP contribution in [0.3, 0.4) is 0 Å². The summed E-state index contributed by atoms with van der Waals surface area (Å²) in [4.78, 5) is 0. The fourth-order valence-corrected chi connectivity index (χ4v) is 2.12. The van der Waals surface area contributed by atoms with E-state index >= 15 is 0 Å². The van der Waals surface area contributed by atoms with Crippen molar-refractivity contribution in [1.29, 1.82) is 0 Å². The zero-order valence-corrected chi connectivity index (χ0v) is 12.0. The van der Waals surface area contributed by atoms with E-state index in [-0.39, 0.29) is 0 Å². The molecule has 0 aromatic heterocycles. The van der Waals surface area contributed by atoms with Crippen molar-refractivity contribution in [3.63, 3.8) is 0 Å². The van der Waals surface area contributed by atoms with Crippen LogP contribution < -0.4 is 10.2 Å². The third-order valence-electron chi connectivity index (χ3n) is 3.08. The van der Waals surface area contributed by atoms with Crippen LogP contribution >= 0.6 is 11.6 Å². The Morgan fingerprint density at radius 3 is 2.40 bits per heavy atom. The summed E-state index contributed by atoms with van der Waals surface area (Å²) in [6, 6.07) is 12.6. The number of aryl methyl sites for hydroxylation is 1. The van der Waals surface area contributed by atoms with E-state index in [1.54, 1.807) is 12.1 Å². The Balaban J connectivity index is 2.01. The van der Waals surface area contributed by atoms with E-state index in [2.05, 4.69) is 0 Å². The molecule has 0 aliphatic rings. The summed E-state index contributed by atoms with van der Waals surface area (Å²) in [5, 5.41) is 18.8. The van der Waals surface area contributed by atoms with E-state index in [1.165, 1.54) is 0 Å². The molecular formula is C15H16BClO3. The Kier molecular flexibility index (Phi) is 5.07. The number of ether oxygens (including phenoxy) is 1. The molecular weight excluding hydrogens is 274 g/mol. The SMILES string of the molecule is CCc1cc(OCc2ccc(B(O)O)cc2)ccc1Cl. The standard InChI is InChI=1S/C15H16BClO3/c1-2-12-9-14(7-8-15(12)17)20-10-11-3-5-13(6-4-11)16(18)19/h3-9,18-19H,2,10H2,1H3. The van der Waals surface area contributed by atoms with E-state index in [9.17, 15) is 0 Å². The van der Waals surface area contributed by atoms with Gasteiger partial charge in [0, 0.05) is 5.02 Å². The fraction of sp³-hybridized carbons (Fsp3) is 0.200. The summed E-state index contributed by atoms with van der Waals surface area (Å²) in [5.41, 5.74) is 2.49. The highest BCUT2D eigenvalue weighted by atomic mass is 35.5. The highest BCUT2D eigenvalue weighted by molar-refractivity contribution is 6.58. The first-order valence-electron chi connectivity index (χ1n) is 6.46. The maximum Gasteiger partial charge on any atom is 0.488 e. The lowest BCUT2D eigenvalue weighted by Gasteiger charge is -2.09. The van der Waals surface area contributed by atoms with Crippen molar-refractivity contribution in [2.24, 2.45) is 0 Å². The zero-order chi connectivity index (χ0) is 14.5. The van der Waals surface area contributed by atoms with Gasteiger partial charge in [0.25, 0.3) is 0 Å². The molecule has 0 amide bonds. The first-order valence-corrected chi connectivity index (χ1v) is 6.84. The second-order valence-electron chi connectivity index (χ2n) is 4.51. The highest BCUT2D eigenvalue weighted by Gasteiger charge is 2.09. The number of hydrogen-bond acceptors (Lipinski definition) is 3. The van der Waals surface area contributed by atoms with Gasteiger partial charge in [-0.15, -0.1) is 0 Å². The van der Waals surface area contributed by atoms with Crippen LogP contribution in [0, 0.1) is 0 Å². The molecule has 0 spiro atoms. The molecule has 2 N–H and O–H groups in total. The maximum atomic E-state index is 9.02. The zero-order valence-electron chi connectivity index (χ0n) is 11.2. The first-order chi connectivity index (χ1) is 9.60. The third kappa shape index (κ3) is 3.76. The van der Waals surface area contributed by atoms with E-state index in [0.29, 0.717) is 12.1 Å². The van der Waals surface area contributed by atoms with Gasteiger partial charge < -0.3 is 14.8 Å². The van der Waals surface area contributed by atoms with Crippen molar-refractivity contribution in [3.8, 4) is 5.75 Å². The molecule has 2 aromatic carbocycles. The Morgan fingerprint density at radius 1 is 1.10 bits per heavy atom. The van der Waals surface area contributed by atoms with Crippen LogP contribution in [0.2, 0.25) is 5.02 Å². The molecule has 3 nitrogen and oxygen atoms in total. The number of benzene rings is 2. The first kappa shape index (κ1) is 14.9. The minimum absolute atomic E-state index is 0.423. The molecule has 0 radical (unpaired) electrons. The lowest BCUT2D eigenvalue weighted by Crippen LogP contribution is -2.29. The predicted molar refractivity (Wildman–Crippen MR) is 81.4 cm³/mol. The Bertz CT molecular complexity index is 570. The van der Waals surface area contributed by atoms with Gasteiger partial charge >= 0.3 is 7.12 Å². The highest BCUT2D eigenvalue weighted by Crippen LogP contribution is 2.23. The normalized spacial score (nSPS) is 10.4. The largest absolute Gasteiger partial charge is 0.489 e. The smallest absolute Gasteiger partial charge is 0.488 e. The van der Waals surface area contributed by atoms with Crippen LogP contribution in [0.25, 0.3) is 0 Å². The monoisotopic (exact) mass is 290 g/mol. The molecule has 0 bridgehead atoms. The lowest BCUT2D eigenvalue weighted by atomic mass is 9.80. The molecule has 2 aromatic rings. The van der Waals surface area contributed by atoms with Gasteiger partial charge in [-0.2, -0.15) is 0 Å². The Morgan fingerprint density at radius 2 is 1.80 bits per heavy atom. The minimum atomic E-state index is -1.44. The Labute approximate surface area is 123 Å². The predicted octanol–water partition coefficient (Wildman–Crippen LogP) is 2.16. The van der Waals surface area contributed by atoms with Crippen LogP contribution in [0.15, 0.2) is 42.5 Å². The third-order valence-corrected chi connectivity index (χ3v) is 3.45. The van der Waals surface area contributed by atoms with Crippen molar-refractivity contribution in [1.82, 2.24) is 0 Å². The second kappa shape index (κ2) is 6.79. The minimum Gasteiger partial charge on any atom is -0.489 e. The Hall–Kier alpha value is -1.49. The van der Waals surface area contributed by atoms with Gasteiger partial charge in [-0.05, 0) is 41.2 Å². The number of halogens is 1. The van der Waals surface area contributed by atoms with E-state index in [4.69, 9.17) is 26.4 Å². The summed E-state index contributed by atoms with van der Waals surface area (Å²) >= 11 is 6.06. The van der Waals surface area contributed by atoms with Crippen molar-refractivity contribution in [3.05, 3.63) is 58.6 Å². The van der Waals surface area contributed by atoms with Crippen LogP contribution in [-0.2, 0) is 13.0 Å². The van der Waals surface area contributed by atoms with Crippen LogP contribution in [0.4, 0.5) is 0 Å². The molecule has 0 unspecified atom stereocenters. The van der Waals surface area contributed by atoms with Crippen molar-refractivity contribution >= 4 is 24.2 Å². The molecule has 0 saturated carbocycles. The fourth-order valence-electron chi connectivity index (χ4n) is 1.86. The van der Waals surface area contributed by atoms with Gasteiger partial charge in [-0.1, -0.05) is 42.8 Å². The summed E-state index contributed by atoms with van der Waals surface area (Å²) in [5.74, 6) is 0.775. The van der Waals surface area contributed by atoms with E-state index in [0.717, 1.165) is 28.3 Å². The quantitative estimate of drug-likeness (QED) is 0.830. The molecule has 0 aliphatic carbocycles. The van der Waals surface area contributed by atoms with E-state index < -0.39 is 7.12 Å². The van der Waals surface area contributed by atoms with Crippen LogP contribution in [0.5, 0.6) is 5.75 Å². The van der Waals surface area contributed by atoms with Gasteiger partial charge in [0.1, 0.15) is 12.4 Å².